The lowest BCUT2D eigenvalue weighted by molar-refractivity contribution is -0.124. The Morgan fingerprint density at radius 1 is 1.07 bits per heavy atom. The van der Waals surface area contributed by atoms with E-state index < -0.39 is 28.5 Å². The van der Waals surface area contributed by atoms with Crippen LogP contribution in [0.3, 0.4) is 0 Å². The molecule has 2 N–H and O–H groups in total. The maximum Gasteiger partial charge on any atom is 0.340 e. The Morgan fingerprint density at radius 2 is 1.72 bits per heavy atom. The predicted octanol–water partition coefficient (Wildman–Crippen LogP) is 2.57. The fourth-order valence-electron chi connectivity index (χ4n) is 2.34. The number of para-hydroxylation sites is 1. The molecular formula is C20H24N2O6S. The number of carbonyl (C=O) groups excluding carboxylic acids is 2. The van der Waals surface area contributed by atoms with Crippen LogP contribution in [-0.4, -0.2) is 40.1 Å². The molecule has 2 aromatic carbocycles. The Balaban J connectivity index is 2.13. The SMILES string of the molecule is CC[C@@H](C)NC(=O)COC(=O)c1ccccc1NS(=O)(=O)c1ccc(OC)cc1. The minimum Gasteiger partial charge on any atom is -0.497 e. The number of hydrogen-bond donors (Lipinski definition) is 2. The third kappa shape index (κ3) is 6.21. The Kier molecular flexibility index (Phi) is 7.60. The molecule has 1 amide bonds. The topological polar surface area (TPSA) is 111 Å². The van der Waals surface area contributed by atoms with Crippen molar-refractivity contribution in [3.63, 3.8) is 0 Å². The molecule has 2 rings (SSSR count). The molecule has 8 nitrogen and oxygen atoms in total. The van der Waals surface area contributed by atoms with Crippen LogP contribution in [0.4, 0.5) is 5.69 Å². The van der Waals surface area contributed by atoms with Crippen LogP contribution in [0, 0.1) is 0 Å². The summed E-state index contributed by atoms with van der Waals surface area (Å²) in [4.78, 5) is 24.2. The Hall–Kier alpha value is -3.07. The number of methoxy groups -OCH3 is 1. The normalized spacial score (nSPS) is 12.0. The summed E-state index contributed by atoms with van der Waals surface area (Å²) in [6.45, 7) is 3.30. The van der Waals surface area contributed by atoms with Crippen LogP contribution in [0.25, 0.3) is 0 Å². The second-order valence-corrected chi connectivity index (χ2v) is 7.96. The van der Waals surface area contributed by atoms with Gasteiger partial charge in [-0.25, -0.2) is 13.2 Å². The van der Waals surface area contributed by atoms with E-state index >= 15 is 0 Å². The molecule has 0 heterocycles. The third-order valence-corrected chi connectivity index (χ3v) is 5.50. The van der Waals surface area contributed by atoms with Gasteiger partial charge in [-0.05, 0) is 49.7 Å². The summed E-state index contributed by atoms with van der Waals surface area (Å²) >= 11 is 0. The van der Waals surface area contributed by atoms with Crippen molar-refractivity contribution >= 4 is 27.6 Å². The Morgan fingerprint density at radius 3 is 2.34 bits per heavy atom. The number of anilines is 1. The average molecular weight is 420 g/mol. The zero-order valence-corrected chi connectivity index (χ0v) is 17.3. The molecule has 0 saturated heterocycles. The number of benzene rings is 2. The lowest BCUT2D eigenvalue weighted by atomic mass is 10.2. The highest BCUT2D eigenvalue weighted by molar-refractivity contribution is 7.92. The van der Waals surface area contributed by atoms with Crippen molar-refractivity contribution in [3.05, 3.63) is 54.1 Å². The number of carbonyl (C=O) groups is 2. The Bertz CT molecular complexity index is 957. The van der Waals surface area contributed by atoms with Gasteiger partial charge in [0.05, 0.1) is 23.3 Å². The van der Waals surface area contributed by atoms with Gasteiger partial charge in [0.2, 0.25) is 0 Å². The third-order valence-electron chi connectivity index (χ3n) is 4.12. The van der Waals surface area contributed by atoms with Crippen LogP contribution in [0.15, 0.2) is 53.4 Å². The van der Waals surface area contributed by atoms with Gasteiger partial charge in [0.15, 0.2) is 6.61 Å². The van der Waals surface area contributed by atoms with E-state index in [1.165, 1.54) is 43.5 Å². The second-order valence-electron chi connectivity index (χ2n) is 6.28. The van der Waals surface area contributed by atoms with Crippen LogP contribution < -0.4 is 14.8 Å². The molecule has 0 unspecified atom stereocenters. The molecule has 29 heavy (non-hydrogen) atoms. The van der Waals surface area contributed by atoms with Crippen molar-refractivity contribution in [3.8, 4) is 5.75 Å². The number of hydrogen-bond acceptors (Lipinski definition) is 6. The van der Waals surface area contributed by atoms with E-state index in [4.69, 9.17) is 9.47 Å². The van der Waals surface area contributed by atoms with Gasteiger partial charge in [-0.3, -0.25) is 9.52 Å². The highest BCUT2D eigenvalue weighted by atomic mass is 32.2. The molecule has 0 radical (unpaired) electrons. The monoisotopic (exact) mass is 420 g/mol. The van der Waals surface area contributed by atoms with Crippen LogP contribution >= 0.6 is 0 Å². The van der Waals surface area contributed by atoms with E-state index in [9.17, 15) is 18.0 Å². The summed E-state index contributed by atoms with van der Waals surface area (Å²) < 4.78 is 37.7. The molecule has 2 aromatic rings. The first kappa shape index (κ1) is 22.2. The minimum absolute atomic E-state index is 0.000858. The van der Waals surface area contributed by atoms with Crippen molar-refractivity contribution in [2.24, 2.45) is 0 Å². The zero-order valence-electron chi connectivity index (χ0n) is 16.5. The highest BCUT2D eigenvalue weighted by Gasteiger charge is 2.20. The van der Waals surface area contributed by atoms with Gasteiger partial charge < -0.3 is 14.8 Å². The maximum atomic E-state index is 12.6. The summed E-state index contributed by atoms with van der Waals surface area (Å²) in [6.07, 6.45) is 0.746. The smallest absolute Gasteiger partial charge is 0.340 e. The van der Waals surface area contributed by atoms with E-state index in [0.717, 1.165) is 6.42 Å². The molecule has 1 atom stereocenters. The lowest BCUT2D eigenvalue weighted by Gasteiger charge is -2.14. The number of nitrogens with one attached hydrogen (secondary N) is 2. The summed E-state index contributed by atoms with van der Waals surface area (Å²) in [5.74, 6) is -0.718. The van der Waals surface area contributed by atoms with E-state index in [1.807, 2.05) is 13.8 Å². The van der Waals surface area contributed by atoms with E-state index in [-0.39, 0.29) is 22.2 Å². The van der Waals surface area contributed by atoms with Gasteiger partial charge in [0.25, 0.3) is 15.9 Å². The first-order chi connectivity index (χ1) is 13.8. The van der Waals surface area contributed by atoms with Gasteiger partial charge in [-0.1, -0.05) is 19.1 Å². The molecule has 0 aromatic heterocycles. The van der Waals surface area contributed by atoms with Crippen molar-refractivity contribution in [2.45, 2.75) is 31.2 Å². The van der Waals surface area contributed by atoms with Crippen molar-refractivity contribution < 1.29 is 27.5 Å². The molecule has 0 spiro atoms. The van der Waals surface area contributed by atoms with Crippen LogP contribution in [-0.2, 0) is 19.6 Å². The maximum absolute atomic E-state index is 12.6. The molecule has 0 bridgehead atoms. The molecule has 9 heteroatoms. The van der Waals surface area contributed by atoms with Gasteiger partial charge in [0.1, 0.15) is 5.75 Å². The van der Waals surface area contributed by atoms with Crippen LogP contribution in [0.1, 0.15) is 30.6 Å². The average Bonchev–Trinajstić information content (AvgIpc) is 2.72. The highest BCUT2D eigenvalue weighted by Crippen LogP contribution is 2.22. The number of esters is 1. The fourth-order valence-corrected chi connectivity index (χ4v) is 3.42. The zero-order chi connectivity index (χ0) is 21.4. The van der Waals surface area contributed by atoms with Gasteiger partial charge in [-0.15, -0.1) is 0 Å². The molecule has 0 aliphatic carbocycles. The second kappa shape index (κ2) is 9.92. The number of sulfonamides is 1. The summed E-state index contributed by atoms with van der Waals surface area (Å²) in [5.41, 5.74) is 0.0524. The van der Waals surface area contributed by atoms with Crippen LogP contribution in [0.2, 0.25) is 0 Å². The van der Waals surface area contributed by atoms with Gasteiger partial charge in [-0.2, -0.15) is 0 Å². The van der Waals surface area contributed by atoms with Crippen molar-refractivity contribution in [1.29, 1.82) is 0 Å². The molecule has 0 saturated carbocycles. The number of rotatable bonds is 9. The summed E-state index contributed by atoms with van der Waals surface area (Å²) in [6, 6.07) is 11.8. The predicted molar refractivity (Wildman–Crippen MR) is 108 cm³/mol. The first-order valence-corrected chi connectivity index (χ1v) is 10.5. The molecule has 0 aliphatic rings. The summed E-state index contributed by atoms with van der Waals surface area (Å²) in [5, 5.41) is 2.68. The van der Waals surface area contributed by atoms with E-state index in [2.05, 4.69) is 10.0 Å². The van der Waals surface area contributed by atoms with Crippen molar-refractivity contribution in [1.82, 2.24) is 5.32 Å². The van der Waals surface area contributed by atoms with E-state index in [0.29, 0.717) is 5.75 Å². The number of ether oxygens (including phenoxy) is 2. The quantitative estimate of drug-likeness (QED) is 0.603. The first-order valence-electron chi connectivity index (χ1n) is 8.99. The number of amides is 1. The molecule has 0 aliphatic heterocycles. The largest absolute Gasteiger partial charge is 0.497 e. The Labute approximate surface area is 170 Å². The van der Waals surface area contributed by atoms with Crippen molar-refractivity contribution in [2.75, 3.05) is 18.4 Å². The van der Waals surface area contributed by atoms with Crippen LogP contribution in [0.5, 0.6) is 5.75 Å². The standard InChI is InChI=1S/C20H24N2O6S/c1-4-14(2)21-19(23)13-28-20(24)17-7-5-6-8-18(17)22-29(25,26)16-11-9-15(27-3)10-12-16/h5-12,14,22H,4,13H2,1-3H3,(H,21,23)/t14-/m1/s1. The van der Waals surface area contributed by atoms with Gasteiger partial charge >= 0.3 is 5.97 Å². The fraction of sp³-hybridized carbons (Fsp3) is 0.300. The van der Waals surface area contributed by atoms with E-state index in [1.54, 1.807) is 12.1 Å². The molecular weight excluding hydrogens is 396 g/mol. The minimum atomic E-state index is -3.94. The van der Waals surface area contributed by atoms with Gasteiger partial charge in [0, 0.05) is 6.04 Å². The molecule has 156 valence electrons. The molecule has 0 fully saturated rings. The lowest BCUT2D eigenvalue weighted by Crippen LogP contribution is -2.35. The summed E-state index contributed by atoms with van der Waals surface area (Å²) in [7, 11) is -2.46.